The van der Waals surface area contributed by atoms with Crippen LogP contribution in [-0.4, -0.2) is 75.3 Å². The molecule has 1 heterocycles. The minimum atomic E-state index is -0.0592. The van der Waals surface area contributed by atoms with Gasteiger partial charge in [-0.15, -0.1) is 0 Å². The van der Waals surface area contributed by atoms with Crippen LogP contribution in [0.25, 0.3) is 0 Å². The molecule has 156 valence electrons. The molecule has 0 radical (unpaired) electrons. The molecule has 0 spiro atoms. The molecule has 0 aliphatic carbocycles. The summed E-state index contributed by atoms with van der Waals surface area (Å²) in [6.07, 6.45) is 0.825. The van der Waals surface area contributed by atoms with Crippen molar-refractivity contribution in [2.75, 3.05) is 46.4 Å². The van der Waals surface area contributed by atoms with Gasteiger partial charge in [-0.25, -0.2) is 0 Å². The Morgan fingerprint density at radius 1 is 1.39 bits per heavy atom. The molecule has 2 rings (SSSR count). The van der Waals surface area contributed by atoms with Crippen molar-refractivity contribution in [2.24, 2.45) is 4.99 Å². The number of rotatable bonds is 8. The number of carbonyl (C=O) groups excluding carboxylic acids is 1. The summed E-state index contributed by atoms with van der Waals surface area (Å²) in [5, 5.41) is 9.37. The molecule has 7 heteroatoms. The van der Waals surface area contributed by atoms with Crippen molar-refractivity contribution in [3.05, 3.63) is 35.4 Å². The van der Waals surface area contributed by atoms with E-state index in [1.165, 1.54) is 0 Å². The molecule has 1 saturated heterocycles. The van der Waals surface area contributed by atoms with E-state index < -0.39 is 0 Å². The topological polar surface area (TPSA) is 78.0 Å². The Labute approximate surface area is 168 Å². The van der Waals surface area contributed by atoms with Gasteiger partial charge in [-0.3, -0.25) is 14.7 Å². The molecule has 1 aliphatic rings. The fourth-order valence-corrected chi connectivity index (χ4v) is 3.40. The van der Waals surface area contributed by atoms with E-state index in [4.69, 9.17) is 9.73 Å². The van der Waals surface area contributed by atoms with E-state index in [2.05, 4.69) is 41.6 Å². The Kier molecular flexibility index (Phi) is 9.23. The van der Waals surface area contributed by atoms with Crippen LogP contribution in [0.4, 0.5) is 0 Å². The largest absolute Gasteiger partial charge is 0.379 e. The summed E-state index contributed by atoms with van der Waals surface area (Å²) in [5.41, 5.74) is 1.81. The zero-order valence-electron chi connectivity index (χ0n) is 17.6. The monoisotopic (exact) mass is 389 g/mol. The third-order valence-corrected chi connectivity index (χ3v) is 4.97. The number of nitrogens with zero attached hydrogens (tertiary/aromatic N) is 2. The third kappa shape index (κ3) is 6.80. The standard InChI is InChI=1S/C21H35N5O2/c1-5-23-21(25-14-16(2)26-11-12-28-15-17(26)3)24-10-9-18-7-6-8-19(13-18)20(27)22-4/h6-8,13,16-17H,5,9-12,14-15H2,1-4H3,(H,22,27)(H2,23,24,25). The zero-order chi connectivity index (χ0) is 20.4. The summed E-state index contributed by atoms with van der Waals surface area (Å²) in [7, 11) is 1.65. The predicted molar refractivity (Wildman–Crippen MR) is 114 cm³/mol. The molecular formula is C21H35N5O2. The molecule has 2 atom stereocenters. The quantitative estimate of drug-likeness (QED) is 0.461. The average Bonchev–Trinajstić information content (AvgIpc) is 2.71. The van der Waals surface area contributed by atoms with Gasteiger partial charge in [-0.05, 0) is 44.9 Å². The summed E-state index contributed by atoms with van der Waals surface area (Å²) in [6, 6.07) is 8.53. The third-order valence-electron chi connectivity index (χ3n) is 4.97. The van der Waals surface area contributed by atoms with Gasteiger partial charge < -0.3 is 20.7 Å². The van der Waals surface area contributed by atoms with Gasteiger partial charge in [0.05, 0.1) is 19.8 Å². The summed E-state index contributed by atoms with van der Waals surface area (Å²) in [6.45, 7) is 11.4. The number of benzene rings is 1. The van der Waals surface area contributed by atoms with Gasteiger partial charge in [0, 0.05) is 44.3 Å². The molecule has 0 aromatic heterocycles. The summed E-state index contributed by atoms with van der Waals surface area (Å²) in [5.74, 6) is 0.772. The maximum absolute atomic E-state index is 11.8. The van der Waals surface area contributed by atoms with Crippen molar-refractivity contribution in [3.8, 4) is 0 Å². The SMILES string of the molecule is CCNC(=NCC(C)N1CCOCC1C)NCCc1cccc(C(=O)NC)c1. The fraction of sp³-hybridized carbons (Fsp3) is 0.619. The summed E-state index contributed by atoms with van der Waals surface area (Å²) < 4.78 is 5.52. The van der Waals surface area contributed by atoms with Crippen LogP contribution in [0.3, 0.4) is 0 Å². The van der Waals surface area contributed by atoms with Crippen molar-refractivity contribution in [1.29, 1.82) is 0 Å². The van der Waals surface area contributed by atoms with E-state index in [9.17, 15) is 4.79 Å². The molecule has 0 bridgehead atoms. The highest BCUT2D eigenvalue weighted by molar-refractivity contribution is 5.94. The number of morpholine rings is 1. The average molecular weight is 390 g/mol. The molecule has 7 nitrogen and oxygen atoms in total. The van der Waals surface area contributed by atoms with Crippen molar-refractivity contribution >= 4 is 11.9 Å². The van der Waals surface area contributed by atoms with Gasteiger partial charge in [0.25, 0.3) is 5.91 Å². The number of ether oxygens (including phenoxy) is 1. The normalized spacial score (nSPS) is 19.1. The summed E-state index contributed by atoms with van der Waals surface area (Å²) in [4.78, 5) is 19.0. The van der Waals surface area contributed by atoms with Crippen molar-refractivity contribution in [2.45, 2.75) is 39.3 Å². The van der Waals surface area contributed by atoms with E-state index in [0.29, 0.717) is 17.6 Å². The van der Waals surface area contributed by atoms with Gasteiger partial charge in [-0.1, -0.05) is 12.1 Å². The molecule has 1 aromatic carbocycles. The van der Waals surface area contributed by atoms with Crippen LogP contribution in [0.15, 0.2) is 29.3 Å². The Morgan fingerprint density at radius 3 is 2.93 bits per heavy atom. The lowest BCUT2D eigenvalue weighted by atomic mass is 10.1. The number of hydrogen-bond donors (Lipinski definition) is 3. The second-order valence-electron chi connectivity index (χ2n) is 7.19. The minimum Gasteiger partial charge on any atom is -0.379 e. The Morgan fingerprint density at radius 2 is 2.21 bits per heavy atom. The van der Waals surface area contributed by atoms with Crippen molar-refractivity contribution in [1.82, 2.24) is 20.9 Å². The first-order valence-corrected chi connectivity index (χ1v) is 10.2. The lowest BCUT2D eigenvalue weighted by molar-refractivity contribution is -0.0165. The lowest BCUT2D eigenvalue weighted by Crippen LogP contribution is -2.49. The molecule has 1 aromatic rings. The lowest BCUT2D eigenvalue weighted by Gasteiger charge is -2.37. The number of amides is 1. The number of aliphatic imine (C=N–C) groups is 1. The zero-order valence-corrected chi connectivity index (χ0v) is 17.6. The molecule has 2 unspecified atom stereocenters. The molecule has 1 amide bonds. The Bertz CT molecular complexity index is 649. The maximum Gasteiger partial charge on any atom is 0.251 e. The van der Waals surface area contributed by atoms with E-state index in [0.717, 1.165) is 57.3 Å². The first kappa shape index (κ1) is 22.2. The molecule has 1 fully saturated rings. The van der Waals surface area contributed by atoms with E-state index >= 15 is 0 Å². The van der Waals surface area contributed by atoms with Crippen LogP contribution in [0, 0.1) is 0 Å². The highest BCUT2D eigenvalue weighted by Crippen LogP contribution is 2.11. The van der Waals surface area contributed by atoms with Crippen LogP contribution in [0.1, 0.15) is 36.7 Å². The predicted octanol–water partition coefficient (Wildman–Crippen LogP) is 1.25. The van der Waals surface area contributed by atoms with Crippen LogP contribution >= 0.6 is 0 Å². The second kappa shape index (κ2) is 11.7. The first-order chi connectivity index (χ1) is 13.5. The molecular weight excluding hydrogens is 354 g/mol. The van der Waals surface area contributed by atoms with Gasteiger partial charge in [0.1, 0.15) is 0 Å². The number of guanidine groups is 1. The number of nitrogens with one attached hydrogen (secondary N) is 3. The van der Waals surface area contributed by atoms with E-state index in [1.54, 1.807) is 7.05 Å². The number of carbonyl (C=O) groups is 1. The molecule has 3 N–H and O–H groups in total. The Balaban J connectivity index is 1.86. The fourth-order valence-electron chi connectivity index (χ4n) is 3.40. The second-order valence-corrected chi connectivity index (χ2v) is 7.19. The van der Waals surface area contributed by atoms with E-state index in [1.807, 2.05) is 24.3 Å². The molecule has 28 heavy (non-hydrogen) atoms. The first-order valence-electron chi connectivity index (χ1n) is 10.2. The van der Waals surface area contributed by atoms with Crippen LogP contribution in [-0.2, 0) is 11.2 Å². The highest BCUT2D eigenvalue weighted by Gasteiger charge is 2.23. The smallest absolute Gasteiger partial charge is 0.251 e. The highest BCUT2D eigenvalue weighted by atomic mass is 16.5. The minimum absolute atomic E-state index is 0.0592. The van der Waals surface area contributed by atoms with Crippen LogP contribution in [0.2, 0.25) is 0 Å². The van der Waals surface area contributed by atoms with Gasteiger partial charge in [-0.2, -0.15) is 0 Å². The summed E-state index contributed by atoms with van der Waals surface area (Å²) >= 11 is 0. The van der Waals surface area contributed by atoms with Gasteiger partial charge >= 0.3 is 0 Å². The molecule has 1 aliphatic heterocycles. The van der Waals surface area contributed by atoms with E-state index in [-0.39, 0.29) is 5.91 Å². The van der Waals surface area contributed by atoms with Crippen molar-refractivity contribution in [3.63, 3.8) is 0 Å². The molecule has 0 saturated carbocycles. The van der Waals surface area contributed by atoms with Gasteiger partial charge in [0.15, 0.2) is 5.96 Å². The van der Waals surface area contributed by atoms with Crippen LogP contribution in [0.5, 0.6) is 0 Å². The Hall–Kier alpha value is -2.12. The van der Waals surface area contributed by atoms with Crippen molar-refractivity contribution < 1.29 is 9.53 Å². The van der Waals surface area contributed by atoms with Gasteiger partial charge in [0.2, 0.25) is 0 Å². The maximum atomic E-state index is 11.8. The number of hydrogen-bond acceptors (Lipinski definition) is 4. The van der Waals surface area contributed by atoms with Crippen LogP contribution < -0.4 is 16.0 Å².